The average Bonchev–Trinajstić information content (AvgIpc) is 3.12. The normalized spacial score (nSPS) is 48.7. The molecule has 4 rings (SSSR count). The van der Waals surface area contributed by atoms with E-state index in [0.29, 0.717) is 11.1 Å². The Kier molecular flexibility index (Phi) is 4.50. The van der Waals surface area contributed by atoms with E-state index < -0.39 is 70.4 Å². The van der Waals surface area contributed by atoms with Gasteiger partial charge in [-0.25, -0.2) is 4.79 Å². The summed E-state index contributed by atoms with van der Waals surface area (Å²) in [6.45, 7) is 5.95. The second-order valence-electron chi connectivity index (χ2n) is 10.1. The van der Waals surface area contributed by atoms with Gasteiger partial charge in [0.05, 0.1) is 18.3 Å². The Hall–Kier alpha value is -1.58. The SMILES string of the molecule is CC1=C[C@H]2[C@@]3(O)[C@H](C)[C@@H](O)[C@]4(OCC(=O)O)[C@H]([C@@H]3C=C(CO)C[C@]2(O)C1=O)C4(C)C. The molecule has 4 aliphatic rings. The molecule has 0 amide bonds. The van der Waals surface area contributed by atoms with E-state index in [1.165, 1.54) is 0 Å². The standard InChI is InChI=1S/C22H30O8/c1-10-5-14-20(28,17(10)26)7-12(8-23)6-13-16-19(3,4)22(16,30-9-15(24)25)18(27)11(2)21(13,14)29/h5-6,11,13-14,16,18,23,27-29H,7-9H2,1-4H3,(H,24,25)/t11-,13+,14-,16-,18-,20-,21-,22-/m1/s1. The highest BCUT2D eigenvalue weighted by Gasteiger charge is 2.85. The molecule has 8 nitrogen and oxygen atoms in total. The van der Waals surface area contributed by atoms with Crippen LogP contribution in [0, 0.1) is 29.1 Å². The van der Waals surface area contributed by atoms with Crippen LogP contribution in [-0.2, 0) is 14.3 Å². The van der Waals surface area contributed by atoms with Gasteiger partial charge in [0.1, 0.15) is 17.8 Å². The first-order valence-electron chi connectivity index (χ1n) is 10.3. The summed E-state index contributed by atoms with van der Waals surface area (Å²) in [5, 5.41) is 53.9. The lowest BCUT2D eigenvalue weighted by molar-refractivity contribution is -0.220. The summed E-state index contributed by atoms with van der Waals surface area (Å²) < 4.78 is 5.79. The lowest BCUT2D eigenvalue weighted by atomic mass is 9.59. The number of hydrogen-bond acceptors (Lipinski definition) is 7. The highest BCUT2D eigenvalue weighted by atomic mass is 16.5. The smallest absolute Gasteiger partial charge is 0.329 e. The van der Waals surface area contributed by atoms with E-state index in [1.807, 2.05) is 13.8 Å². The third-order valence-electron chi connectivity index (χ3n) is 8.43. The zero-order valence-electron chi connectivity index (χ0n) is 17.6. The molecule has 0 aliphatic heterocycles. The molecule has 0 unspecified atom stereocenters. The molecule has 166 valence electrons. The van der Waals surface area contributed by atoms with E-state index >= 15 is 0 Å². The highest BCUT2D eigenvalue weighted by molar-refractivity contribution is 6.04. The molecule has 0 aromatic rings. The second-order valence-corrected chi connectivity index (χ2v) is 10.1. The number of fused-ring (bicyclic) bond motifs is 5. The van der Waals surface area contributed by atoms with Crippen LogP contribution in [0.3, 0.4) is 0 Å². The van der Waals surface area contributed by atoms with Crippen molar-refractivity contribution >= 4 is 11.8 Å². The van der Waals surface area contributed by atoms with Crippen molar-refractivity contribution in [1.29, 1.82) is 0 Å². The van der Waals surface area contributed by atoms with Gasteiger partial charge in [-0.1, -0.05) is 32.9 Å². The third kappa shape index (κ3) is 2.29. The first-order valence-corrected chi connectivity index (χ1v) is 10.3. The zero-order valence-corrected chi connectivity index (χ0v) is 17.6. The Bertz CT molecular complexity index is 874. The summed E-state index contributed by atoms with van der Waals surface area (Å²) in [5.41, 5.74) is -4.69. The molecule has 2 fully saturated rings. The number of aliphatic hydroxyl groups excluding tert-OH is 2. The summed E-state index contributed by atoms with van der Waals surface area (Å²) >= 11 is 0. The summed E-state index contributed by atoms with van der Waals surface area (Å²) in [5.74, 6) is -4.58. The predicted molar refractivity (Wildman–Crippen MR) is 104 cm³/mol. The van der Waals surface area contributed by atoms with E-state index in [-0.39, 0.29) is 13.0 Å². The number of aliphatic carboxylic acids is 1. The Morgan fingerprint density at radius 2 is 1.90 bits per heavy atom. The van der Waals surface area contributed by atoms with Crippen LogP contribution in [0.1, 0.15) is 34.1 Å². The molecular weight excluding hydrogens is 392 g/mol. The molecular formula is C22H30O8. The molecule has 0 saturated heterocycles. The van der Waals surface area contributed by atoms with Crippen LogP contribution in [0.2, 0.25) is 0 Å². The minimum absolute atomic E-state index is 0.113. The minimum atomic E-state index is -1.91. The maximum Gasteiger partial charge on any atom is 0.329 e. The first-order chi connectivity index (χ1) is 13.8. The summed E-state index contributed by atoms with van der Waals surface area (Å²) in [6, 6.07) is 0. The average molecular weight is 422 g/mol. The van der Waals surface area contributed by atoms with Crippen molar-refractivity contribution in [3.8, 4) is 0 Å². The number of carbonyl (C=O) groups excluding carboxylic acids is 1. The molecule has 0 aromatic heterocycles. The third-order valence-corrected chi connectivity index (χ3v) is 8.43. The summed E-state index contributed by atoms with van der Waals surface area (Å²) in [6.07, 6.45) is 1.95. The van der Waals surface area contributed by atoms with Gasteiger partial charge < -0.3 is 30.3 Å². The molecule has 0 radical (unpaired) electrons. The van der Waals surface area contributed by atoms with E-state index in [0.717, 1.165) is 0 Å². The van der Waals surface area contributed by atoms with E-state index in [4.69, 9.17) is 9.84 Å². The van der Waals surface area contributed by atoms with Gasteiger partial charge in [0, 0.05) is 35.5 Å². The number of ether oxygens (including phenoxy) is 1. The fraction of sp³-hybridized carbons (Fsp3) is 0.727. The molecule has 8 heteroatoms. The van der Waals surface area contributed by atoms with Crippen LogP contribution in [0.25, 0.3) is 0 Å². The van der Waals surface area contributed by atoms with Gasteiger partial charge in [-0.3, -0.25) is 4.79 Å². The number of carboxylic acids is 1. The van der Waals surface area contributed by atoms with Crippen LogP contribution in [-0.4, -0.2) is 73.4 Å². The number of carbonyl (C=O) groups is 2. The zero-order chi connectivity index (χ0) is 22.4. The van der Waals surface area contributed by atoms with Gasteiger partial charge in [-0.2, -0.15) is 0 Å². The van der Waals surface area contributed by atoms with Gasteiger partial charge in [0.25, 0.3) is 0 Å². The molecule has 30 heavy (non-hydrogen) atoms. The summed E-state index contributed by atoms with van der Waals surface area (Å²) in [7, 11) is 0. The number of aliphatic hydroxyl groups is 4. The van der Waals surface area contributed by atoms with Crippen molar-refractivity contribution in [2.24, 2.45) is 29.1 Å². The molecule has 0 bridgehead atoms. The Morgan fingerprint density at radius 3 is 2.47 bits per heavy atom. The van der Waals surface area contributed by atoms with Crippen molar-refractivity contribution in [2.45, 2.75) is 57.0 Å². The Labute approximate surface area is 174 Å². The van der Waals surface area contributed by atoms with Gasteiger partial charge in [0.2, 0.25) is 0 Å². The second kappa shape index (κ2) is 6.23. The first kappa shape index (κ1) is 21.6. The van der Waals surface area contributed by atoms with Crippen molar-refractivity contribution in [2.75, 3.05) is 13.2 Å². The van der Waals surface area contributed by atoms with Crippen LogP contribution in [0.4, 0.5) is 0 Å². The number of hydrogen-bond donors (Lipinski definition) is 5. The molecule has 0 spiro atoms. The lowest BCUT2D eigenvalue weighted by Crippen LogP contribution is -2.65. The quantitative estimate of drug-likeness (QED) is 0.400. The van der Waals surface area contributed by atoms with Gasteiger partial charge in [-0.05, 0) is 18.1 Å². The van der Waals surface area contributed by atoms with E-state index in [2.05, 4.69) is 0 Å². The monoisotopic (exact) mass is 422 g/mol. The maximum absolute atomic E-state index is 12.8. The fourth-order valence-corrected chi connectivity index (χ4v) is 6.96. The molecule has 0 aromatic carbocycles. The van der Waals surface area contributed by atoms with Crippen LogP contribution >= 0.6 is 0 Å². The fourth-order valence-electron chi connectivity index (χ4n) is 6.96. The highest BCUT2D eigenvalue weighted by Crippen LogP contribution is 2.76. The van der Waals surface area contributed by atoms with Crippen molar-refractivity contribution in [3.63, 3.8) is 0 Å². The molecule has 2 saturated carbocycles. The van der Waals surface area contributed by atoms with Crippen molar-refractivity contribution in [3.05, 3.63) is 23.3 Å². The molecule has 8 atom stereocenters. The number of Topliss-reactive ketones (excluding diaryl/α,β-unsaturated/α-hetero) is 1. The molecule has 4 aliphatic carbocycles. The van der Waals surface area contributed by atoms with Gasteiger partial charge >= 0.3 is 5.97 Å². The Balaban J connectivity index is 1.90. The van der Waals surface area contributed by atoms with E-state index in [1.54, 1.807) is 26.0 Å². The maximum atomic E-state index is 12.8. The topological polar surface area (TPSA) is 145 Å². The van der Waals surface area contributed by atoms with Crippen LogP contribution in [0.5, 0.6) is 0 Å². The van der Waals surface area contributed by atoms with Gasteiger partial charge in [-0.15, -0.1) is 0 Å². The number of rotatable bonds is 4. The largest absolute Gasteiger partial charge is 0.480 e. The molecule has 5 N–H and O–H groups in total. The van der Waals surface area contributed by atoms with Crippen molar-refractivity contribution in [1.82, 2.24) is 0 Å². The lowest BCUT2D eigenvalue weighted by Gasteiger charge is -2.52. The minimum Gasteiger partial charge on any atom is -0.480 e. The molecule has 0 heterocycles. The van der Waals surface area contributed by atoms with Crippen molar-refractivity contribution < 1.29 is 39.9 Å². The number of carboxylic acid groups (broad SMARTS) is 1. The predicted octanol–water partition coefficient (Wildman–Crippen LogP) is 0.0390. The summed E-state index contributed by atoms with van der Waals surface area (Å²) in [4.78, 5) is 24.0. The van der Waals surface area contributed by atoms with Gasteiger partial charge in [0.15, 0.2) is 5.78 Å². The van der Waals surface area contributed by atoms with Crippen LogP contribution in [0.15, 0.2) is 23.3 Å². The Morgan fingerprint density at radius 1 is 1.27 bits per heavy atom. The number of ketones is 1. The van der Waals surface area contributed by atoms with Crippen LogP contribution < -0.4 is 0 Å². The van der Waals surface area contributed by atoms with E-state index in [9.17, 15) is 30.0 Å².